The molecule has 1 aromatic carbocycles. The van der Waals surface area contributed by atoms with Crippen LogP contribution in [0.25, 0.3) is 0 Å². The van der Waals surface area contributed by atoms with Crippen molar-refractivity contribution in [3.8, 4) is 0 Å². The highest BCUT2D eigenvalue weighted by Gasteiger charge is 2.24. The molecule has 0 heterocycles. The van der Waals surface area contributed by atoms with Crippen LogP contribution in [0.5, 0.6) is 0 Å². The van der Waals surface area contributed by atoms with Gasteiger partial charge in [0.15, 0.2) is 0 Å². The fourth-order valence-electron chi connectivity index (χ4n) is 1.49. The van der Waals surface area contributed by atoms with Crippen LogP contribution in [0.2, 0.25) is 18.1 Å². The summed E-state index contributed by atoms with van der Waals surface area (Å²) >= 11 is 0. The lowest BCUT2D eigenvalue weighted by Gasteiger charge is -2.29. The molecule has 19 heavy (non-hydrogen) atoms. The summed E-state index contributed by atoms with van der Waals surface area (Å²) in [6.07, 6.45) is 0.163. The summed E-state index contributed by atoms with van der Waals surface area (Å²) in [5, 5.41) is 0.355. The summed E-state index contributed by atoms with van der Waals surface area (Å²) in [6, 6.07) is 10.3. The van der Waals surface area contributed by atoms with E-state index in [-0.39, 0.29) is 6.10 Å². The molecule has 0 aliphatic heterocycles. The first-order valence-electron chi connectivity index (χ1n) is 7.15. The topological polar surface area (TPSA) is 18.5 Å². The second-order valence-electron chi connectivity index (χ2n) is 6.27. The predicted octanol–water partition coefficient (Wildman–Crippen LogP) is 3.88. The highest BCUT2D eigenvalue weighted by atomic mass is 28.3. The smallest absolute Gasteiger partial charge is 0.0780 e. The molecule has 0 N–H and O–H groups in total. The van der Waals surface area contributed by atoms with E-state index in [1.165, 1.54) is 5.56 Å². The van der Waals surface area contributed by atoms with Crippen LogP contribution in [0.4, 0.5) is 0 Å². The zero-order valence-electron chi connectivity index (χ0n) is 13.0. The Morgan fingerprint density at radius 1 is 1.16 bits per heavy atom. The number of rotatable bonds is 8. The van der Waals surface area contributed by atoms with E-state index in [2.05, 4.69) is 46.0 Å². The van der Waals surface area contributed by atoms with Crippen molar-refractivity contribution >= 4 is 8.80 Å². The van der Waals surface area contributed by atoms with Gasteiger partial charge in [0.05, 0.1) is 19.3 Å². The quantitative estimate of drug-likeness (QED) is 0.673. The summed E-state index contributed by atoms with van der Waals surface area (Å²) < 4.78 is 11.6. The van der Waals surface area contributed by atoms with E-state index in [0.29, 0.717) is 18.3 Å². The number of hydrogen-bond acceptors (Lipinski definition) is 2. The predicted molar refractivity (Wildman–Crippen MR) is 84.4 cm³/mol. The molecular weight excluding hydrogens is 252 g/mol. The molecule has 0 aliphatic carbocycles. The van der Waals surface area contributed by atoms with Crippen molar-refractivity contribution < 1.29 is 9.47 Å². The standard InChI is InChI=1S/C16H28O2Si/c1-14(18-13-16(2,3)19(4)5)11-17-12-15-9-7-6-8-10-15/h6-10,14,19H,11-13H2,1-5H3. The molecular formula is C16H28O2Si. The molecule has 0 spiro atoms. The minimum atomic E-state index is -0.681. The number of benzene rings is 1. The zero-order valence-corrected chi connectivity index (χ0v) is 14.1. The van der Waals surface area contributed by atoms with Gasteiger partial charge in [-0.2, -0.15) is 0 Å². The number of hydrogen-bond donors (Lipinski definition) is 0. The minimum Gasteiger partial charge on any atom is -0.376 e. The largest absolute Gasteiger partial charge is 0.376 e. The molecule has 0 bridgehead atoms. The second kappa shape index (κ2) is 7.83. The van der Waals surface area contributed by atoms with Crippen molar-refractivity contribution in [3.05, 3.63) is 35.9 Å². The van der Waals surface area contributed by atoms with Crippen molar-refractivity contribution in [1.82, 2.24) is 0 Å². The SMILES string of the molecule is CC(COCc1ccccc1)OCC(C)(C)[SiH](C)C. The van der Waals surface area contributed by atoms with Gasteiger partial charge < -0.3 is 9.47 Å². The van der Waals surface area contributed by atoms with E-state index >= 15 is 0 Å². The van der Waals surface area contributed by atoms with Gasteiger partial charge in [-0.25, -0.2) is 0 Å². The van der Waals surface area contributed by atoms with Gasteiger partial charge in [-0.1, -0.05) is 57.3 Å². The average Bonchev–Trinajstić information content (AvgIpc) is 2.37. The highest BCUT2D eigenvalue weighted by molar-refractivity contribution is 6.59. The van der Waals surface area contributed by atoms with E-state index in [4.69, 9.17) is 9.47 Å². The zero-order chi connectivity index (χ0) is 14.3. The molecule has 0 saturated heterocycles. The maximum atomic E-state index is 5.92. The first kappa shape index (κ1) is 16.4. The lowest BCUT2D eigenvalue weighted by Crippen LogP contribution is -2.29. The van der Waals surface area contributed by atoms with Gasteiger partial charge in [-0.3, -0.25) is 0 Å². The summed E-state index contributed by atoms with van der Waals surface area (Å²) in [4.78, 5) is 0. The Bertz CT molecular complexity index is 349. The van der Waals surface area contributed by atoms with Crippen LogP contribution in [-0.2, 0) is 16.1 Å². The van der Waals surface area contributed by atoms with Crippen molar-refractivity contribution in [2.45, 2.75) is 51.6 Å². The van der Waals surface area contributed by atoms with Gasteiger partial charge in [0, 0.05) is 15.4 Å². The van der Waals surface area contributed by atoms with Gasteiger partial charge in [0.25, 0.3) is 0 Å². The first-order chi connectivity index (χ1) is 8.92. The van der Waals surface area contributed by atoms with Crippen LogP contribution >= 0.6 is 0 Å². The molecule has 1 atom stereocenters. The molecule has 1 rings (SSSR count). The van der Waals surface area contributed by atoms with E-state index in [1.54, 1.807) is 0 Å². The first-order valence-corrected chi connectivity index (χ1v) is 10.0. The maximum Gasteiger partial charge on any atom is 0.0780 e. The molecule has 0 saturated carbocycles. The summed E-state index contributed by atoms with van der Waals surface area (Å²) in [5.41, 5.74) is 1.21. The van der Waals surface area contributed by atoms with E-state index < -0.39 is 8.80 Å². The van der Waals surface area contributed by atoms with Gasteiger partial charge in [0.1, 0.15) is 0 Å². The Hall–Kier alpha value is -0.643. The summed E-state index contributed by atoms with van der Waals surface area (Å²) in [5.74, 6) is 0. The third kappa shape index (κ3) is 6.37. The minimum absolute atomic E-state index is 0.163. The van der Waals surface area contributed by atoms with E-state index in [0.717, 1.165) is 6.61 Å². The Labute approximate surface area is 119 Å². The summed E-state index contributed by atoms with van der Waals surface area (Å²) in [7, 11) is -0.681. The van der Waals surface area contributed by atoms with Crippen LogP contribution in [0, 0.1) is 0 Å². The van der Waals surface area contributed by atoms with Gasteiger partial charge in [0.2, 0.25) is 0 Å². The molecule has 2 nitrogen and oxygen atoms in total. The summed E-state index contributed by atoms with van der Waals surface area (Å²) in [6.45, 7) is 13.6. The van der Waals surface area contributed by atoms with Crippen molar-refractivity contribution in [3.63, 3.8) is 0 Å². The second-order valence-corrected chi connectivity index (χ2v) is 10.1. The van der Waals surface area contributed by atoms with E-state index in [1.807, 2.05) is 18.2 Å². The Balaban J connectivity index is 2.20. The Kier molecular flexibility index (Phi) is 6.76. The molecule has 0 aromatic heterocycles. The maximum absolute atomic E-state index is 5.92. The third-order valence-corrected chi connectivity index (χ3v) is 7.06. The third-order valence-electron chi connectivity index (χ3n) is 3.77. The molecule has 1 unspecified atom stereocenters. The fraction of sp³-hybridized carbons (Fsp3) is 0.625. The normalized spacial score (nSPS) is 13.8. The molecule has 0 aliphatic rings. The van der Waals surface area contributed by atoms with Crippen molar-refractivity contribution in [2.24, 2.45) is 0 Å². The molecule has 1 aromatic rings. The van der Waals surface area contributed by atoms with Gasteiger partial charge in [-0.15, -0.1) is 0 Å². The van der Waals surface area contributed by atoms with Gasteiger partial charge >= 0.3 is 0 Å². The molecule has 0 amide bonds. The van der Waals surface area contributed by atoms with Crippen LogP contribution in [0.15, 0.2) is 30.3 Å². The molecule has 0 fully saturated rings. The number of ether oxygens (including phenoxy) is 2. The van der Waals surface area contributed by atoms with Crippen LogP contribution in [-0.4, -0.2) is 28.1 Å². The molecule has 0 radical (unpaired) electrons. The highest BCUT2D eigenvalue weighted by Crippen LogP contribution is 2.28. The lowest BCUT2D eigenvalue weighted by atomic mass is 10.2. The Morgan fingerprint density at radius 3 is 2.37 bits per heavy atom. The average molecular weight is 280 g/mol. The van der Waals surface area contributed by atoms with Crippen LogP contribution < -0.4 is 0 Å². The fourth-order valence-corrected chi connectivity index (χ4v) is 1.92. The van der Waals surface area contributed by atoms with E-state index in [9.17, 15) is 0 Å². The van der Waals surface area contributed by atoms with Crippen LogP contribution in [0.3, 0.4) is 0 Å². The van der Waals surface area contributed by atoms with Crippen molar-refractivity contribution in [1.29, 1.82) is 0 Å². The molecule has 3 heteroatoms. The van der Waals surface area contributed by atoms with Gasteiger partial charge in [-0.05, 0) is 17.5 Å². The van der Waals surface area contributed by atoms with Crippen molar-refractivity contribution in [2.75, 3.05) is 13.2 Å². The lowest BCUT2D eigenvalue weighted by molar-refractivity contribution is -0.0193. The molecule has 108 valence electrons. The van der Waals surface area contributed by atoms with Crippen LogP contribution in [0.1, 0.15) is 26.3 Å². The Morgan fingerprint density at radius 2 is 1.79 bits per heavy atom. The monoisotopic (exact) mass is 280 g/mol.